The van der Waals surface area contributed by atoms with Gasteiger partial charge in [-0.1, -0.05) is 6.07 Å². The molecule has 0 spiro atoms. The van der Waals surface area contributed by atoms with Crippen molar-refractivity contribution in [3.63, 3.8) is 0 Å². The SMILES string of the molecule is O=C(/C=C/c1cccnc1)NCCC1[C@H]2CN(c3cccnc3)C[C@@H]12. The Bertz CT molecular complexity index is 735. The molecule has 2 fully saturated rings. The first kappa shape index (κ1) is 15.8. The highest BCUT2D eigenvalue weighted by Gasteiger charge is 2.54. The first-order valence-electron chi connectivity index (χ1n) is 8.82. The number of piperidine rings is 1. The predicted molar refractivity (Wildman–Crippen MR) is 97.8 cm³/mol. The van der Waals surface area contributed by atoms with Gasteiger partial charge in [0.2, 0.25) is 5.91 Å². The van der Waals surface area contributed by atoms with Crippen LogP contribution in [0.3, 0.4) is 0 Å². The number of rotatable bonds is 6. The van der Waals surface area contributed by atoms with Gasteiger partial charge in [0.05, 0.1) is 11.9 Å². The number of fused-ring (bicyclic) bond motifs is 1. The van der Waals surface area contributed by atoms with Crippen molar-refractivity contribution in [3.8, 4) is 0 Å². The first-order valence-corrected chi connectivity index (χ1v) is 8.82. The summed E-state index contributed by atoms with van der Waals surface area (Å²) >= 11 is 0. The molecule has 1 saturated heterocycles. The molecule has 1 unspecified atom stereocenters. The van der Waals surface area contributed by atoms with Crippen molar-refractivity contribution >= 4 is 17.7 Å². The number of nitrogens with one attached hydrogen (secondary N) is 1. The van der Waals surface area contributed by atoms with Crippen LogP contribution in [0.5, 0.6) is 0 Å². The van der Waals surface area contributed by atoms with Crippen LogP contribution in [0.4, 0.5) is 5.69 Å². The molecule has 0 aromatic carbocycles. The van der Waals surface area contributed by atoms with E-state index in [0.29, 0.717) is 0 Å². The molecule has 0 bridgehead atoms. The van der Waals surface area contributed by atoms with Crippen LogP contribution >= 0.6 is 0 Å². The summed E-state index contributed by atoms with van der Waals surface area (Å²) < 4.78 is 0. The van der Waals surface area contributed by atoms with Gasteiger partial charge in [0.15, 0.2) is 0 Å². The van der Waals surface area contributed by atoms with Crippen molar-refractivity contribution in [1.29, 1.82) is 0 Å². The minimum absolute atomic E-state index is 0.0355. The normalized spacial score (nSPS) is 24.3. The van der Waals surface area contributed by atoms with Gasteiger partial charge in [-0.3, -0.25) is 14.8 Å². The van der Waals surface area contributed by atoms with Crippen molar-refractivity contribution in [1.82, 2.24) is 15.3 Å². The molecule has 5 nitrogen and oxygen atoms in total. The van der Waals surface area contributed by atoms with Gasteiger partial charge < -0.3 is 10.2 Å². The van der Waals surface area contributed by atoms with E-state index in [2.05, 4.69) is 26.3 Å². The maximum Gasteiger partial charge on any atom is 0.244 e. The molecule has 25 heavy (non-hydrogen) atoms. The molecule has 2 aliphatic rings. The Kier molecular flexibility index (Phi) is 4.46. The second-order valence-electron chi connectivity index (χ2n) is 6.81. The third kappa shape index (κ3) is 3.71. The fraction of sp³-hybridized carbons (Fsp3) is 0.350. The Morgan fingerprint density at radius 1 is 1.16 bits per heavy atom. The summed E-state index contributed by atoms with van der Waals surface area (Å²) in [6.45, 7) is 2.99. The quantitative estimate of drug-likeness (QED) is 0.824. The molecule has 3 atom stereocenters. The lowest BCUT2D eigenvalue weighted by molar-refractivity contribution is -0.116. The first-order chi connectivity index (χ1) is 12.3. The van der Waals surface area contributed by atoms with E-state index in [1.807, 2.05) is 30.6 Å². The average Bonchev–Trinajstić information content (AvgIpc) is 3.11. The molecule has 1 amide bonds. The number of pyridine rings is 2. The Morgan fingerprint density at radius 2 is 1.92 bits per heavy atom. The van der Waals surface area contributed by atoms with Crippen LogP contribution in [0.2, 0.25) is 0 Å². The second kappa shape index (κ2) is 7.05. The molecule has 3 heterocycles. The molecule has 1 N–H and O–H groups in total. The van der Waals surface area contributed by atoms with Crippen LogP contribution in [-0.2, 0) is 4.79 Å². The Morgan fingerprint density at radius 3 is 2.60 bits per heavy atom. The Labute approximate surface area is 147 Å². The zero-order chi connectivity index (χ0) is 17.1. The number of hydrogen-bond acceptors (Lipinski definition) is 4. The molecule has 2 aromatic heterocycles. The third-order valence-electron chi connectivity index (χ3n) is 5.27. The van der Waals surface area contributed by atoms with Crippen LogP contribution < -0.4 is 10.2 Å². The van der Waals surface area contributed by atoms with Crippen molar-refractivity contribution in [3.05, 3.63) is 60.7 Å². The van der Waals surface area contributed by atoms with E-state index in [1.54, 1.807) is 24.5 Å². The highest BCUT2D eigenvalue weighted by atomic mass is 16.1. The monoisotopic (exact) mass is 334 g/mol. The van der Waals surface area contributed by atoms with Gasteiger partial charge in [0.25, 0.3) is 0 Å². The van der Waals surface area contributed by atoms with Crippen molar-refractivity contribution in [2.45, 2.75) is 6.42 Å². The lowest BCUT2D eigenvalue weighted by atomic mass is 10.2. The topological polar surface area (TPSA) is 58.1 Å². The number of anilines is 1. The minimum atomic E-state index is -0.0355. The van der Waals surface area contributed by atoms with E-state index in [-0.39, 0.29) is 5.91 Å². The Hall–Kier alpha value is -2.69. The van der Waals surface area contributed by atoms with Crippen LogP contribution in [-0.4, -0.2) is 35.5 Å². The van der Waals surface area contributed by atoms with Gasteiger partial charge in [0.1, 0.15) is 0 Å². The number of amides is 1. The second-order valence-corrected chi connectivity index (χ2v) is 6.81. The van der Waals surface area contributed by atoms with Crippen molar-refractivity contribution in [2.24, 2.45) is 17.8 Å². The number of nitrogens with zero attached hydrogens (tertiary/aromatic N) is 3. The minimum Gasteiger partial charge on any atom is -0.370 e. The van der Waals surface area contributed by atoms with Gasteiger partial charge in [-0.15, -0.1) is 0 Å². The summed E-state index contributed by atoms with van der Waals surface area (Å²) in [5.41, 5.74) is 2.16. The van der Waals surface area contributed by atoms with Crippen LogP contribution in [0.15, 0.2) is 55.1 Å². The number of aromatic nitrogens is 2. The molecule has 5 heteroatoms. The molecular weight excluding hydrogens is 312 g/mol. The molecule has 0 radical (unpaired) electrons. The van der Waals surface area contributed by atoms with Gasteiger partial charge in [-0.2, -0.15) is 0 Å². The standard InChI is InChI=1S/C20H22N4O/c25-20(6-5-15-3-1-8-21-11-15)23-10-7-17-18-13-24(14-19(17)18)16-4-2-9-22-12-16/h1-6,8-9,11-12,17-19H,7,10,13-14H2,(H,23,25)/b6-5+/t17?,18-,19+. The maximum absolute atomic E-state index is 11.9. The van der Waals surface area contributed by atoms with Crippen LogP contribution in [0.1, 0.15) is 12.0 Å². The zero-order valence-corrected chi connectivity index (χ0v) is 14.1. The zero-order valence-electron chi connectivity index (χ0n) is 14.1. The van der Waals surface area contributed by atoms with Gasteiger partial charge in [-0.25, -0.2) is 0 Å². The van der Waals surface area contributed by atoms with E-state index in [0.717, 1.165) is 49.4 Å². The fourth-order valence-electron chi connectivity index (χ4n) is 3.90. The van der Waals surface area contributed by atoms with Crippen molar-refractivity contribution in [2.75, 3.05) is 24.5 Å². The van der Waals surface area contributed by atoms with E-state index >= 15 is 0 Å². The molecule has 1 saturated carbocycles. The van der Waals surface area contributed by atoms with Gasteiger partial charge in [0, 0.05) is 44.3 Å². The van der Waals surface area contributed by atoms with E-state index in [9.17, 15) is 4.79 Å². The summed E-state index contributed by atoms with van der Waals surface area (Å²) in [6, 6.07) is 7.90. The third-order valence-corrected chi connectivity index (χ3v) is 5.27. The number of carbonyl (C=O) groups excluding carboxylic acids is 1. The predicted octanol–water partition coefficient (Wildman–Crippen LogP) is 2.38. The molecule has 2 aromatic rings. The molecule has 1 aliphatic carbocycles. The largest absolute Gasteiger partial charge is 0.370 e. The summed E-state index contributed by atoms with van der Waals surface area (Å²) in [7, 11) is 0. The molecule has 4 rings (SSSR count). The summed E-state index contributed by atoms with van der Waals surface area (Å²) in [4.78, 5) is 22.5. The average molecular weight is 334 g/mol. The van der Waals surface area contributed by atoms with E-state index in [4.69, 9.17) is 0 Å². The fourth-order valence-corrected chi connectivity index (χ4v) is 3.90. The number of carbonyl (C=O) groups is 1. The smallest absolute Gasteiger partial charge is 0.244 e. The lowest BCUT2D eigenvalue weighted by Crippen LogP contribution is -2.26. The van der Waals surface area contributed by atoms with Crippen molar-refractivity contribution < 1.29 is 4.79 Å². The number of hydrogen-bond donors (Lipinski definition) is 1. The van der Waals surface area contributed by atoms with Crippen LogP contribution in [0, 0.1) is 17.8 Å². The van der Waals surface area contributed by atoms with Gasteiger partial charge >= 0.3 is 0 Å². The summed E-state index contributed by atoms with van der Waals surface area (Å²) in [5.74, 6) is 2.29. The summed E-state index contributed by atoms with van der Waals surface area (Å²) in [5, 5.41) is 2.99. The van der Waals surface area contributed by atoms with E-state index in [1.165, 1.54) is 5.69 Å². The molecule has 1 aliphatic heterocycles. The van der Waals surface area contributed by atoms with Gasteiger partial charge in [-0.05, 0) is 54.0 Å². The maximum atomic E-state index is 11.9. The van der Waals surface area contributed by atoms with E-state index < -0.39 is 0 Å². The molecular formula is C20H22N4O. The lowest BCUT2D eigenvalue weighted by Gasteiger charge is -2.21. The highest BCUT2D eigenvalue weighted by molar-refractivity contribution is 5.91. The highest BCUT2D eigenvalue weighted by Crippen LogP contribution is 2.54. The van der Waals surface area contributed by atoms with Crippen LogP contribution in [0.25, 0.3) is 6.08 Å². The Balaban J connectivity index is 1.17. The molecule has 128 valence electrons. The summed E-state index contributed by atoms with van der Waals surface area (Å²) in [6.07, 6.45) is 11.7.